The molecule has 1 N–H and O–H groups in total. The van der Waals surface area contributed by atoms with Crippen LogP contribution >= 0.6 is 11.3 Å². The van der Waals surface area contributed by atoms with E-state index in [1.807, 2.05) is 6.92 Å². The minimum absolute atomic E-state index is 0.241. The fourth-order valence-electron chi connectivity index (χ4n) is 3.23. The Bertz CT molecular complexity index is 802. The van der Waals surface area contributed by atoms with Crippen LogP contribution in [0.25, 0.3) is 0 Å². The molecular weight excluding hydrogens is 402 g/mol. The number of aryl methyl sites for hydroxylation is 2. The first kappa shape index (κ1) is 23.8. The molecule has 2 rings (SSSR count). The van der Waals surface area contributed by atoms with E-state index in [0.29, 0.717) is 5.13 Å². The molecule has 0 aliphatic rings. The Kier molecular flexibility index (Phi) is 10.6. The summed E-state index contributed by atoms with van der Waals surface area (Å²) in [6.45, 7) is 4.18. The van der Waals surface area contributed by atoms with Crippen molar-refractivity contribution in [1.29, 1.82) is 0 Å². The van der Waals surface area contributed by atoms with Crippen LogP contribution in [0.15, 0.2) is 29.2 Å². The molecule has 1 heterocycles. The van der Waals surface area contributed by atoms with Gasteiger partial charge in [-0.1, -0.05) is 100 Å². The molecule has 0 spiro atoms. The predicted molar refractivity (Wildman–Crippen MR) is 122 cm³/mol. The average Bonchev–Trinajstić information content (AvgIpc) is 3.13. The fraction of sp³-hybridized carbons (Fsp3) is 0.636. The van der Waals surface area contributed by atoms with E-state index in [0.717, 1.165) is 23.4 Å². The van der Waals surface area contributed by atoms with Gasteiger partial charge >= 0.3 is 0 Å². The molecule has 162 valence electrons. The van der Waals surface area contributed by atoms with Gasteiger partial charge in [-0.25, -0.2) is 8.42 Å². The monoisotopic (exact) mass is 437 g/mol. The Hall–Kier alpha value is -1.47. The molecule has 0 unspecified atom stereocenters. The number of unbranched alkanes of at least 4 members (excludes halogenated alkanes) is 10. The lowest BCUT2D eigenvalue weighted by Gasteiger charge is -2.04. The molecular formula is C22H35N3O2S2. The van der Waals surface area contributed by atoms with Crippen LogP contribution in [0.4, 0.5) is 5.13 Å². The number of nitrogens with zero attached hydrogens (tertiary/aromatic N) is 2. The summed E-state index contributed by atoms with van der Waals surface area (Å²) in [7, 11) is -3.60. The molecule has 0 bridgehead atoms. The maximum Gasteiger partial charge on any atom is 0.263 e. The van der Waals surface area contributed by atoms with Crippen LogP contribution in [0.2, 0.25) is 0 Å². The number of hydrogen-bond donors (Lipinski definition) is 1. The Morgan fingerprint density at radius 2 is 1.38 bits per heavy atom. The van der Waals surface area contributed by atoms with E-state index in [4.69, 9.17) is 0 Å². The summed E-state index contributed by atoms with van der Waals surface area (Å²) in [5.74, 6) is 0. The summed E-state index contributed by atoms with van der Waals surface area (Å²) in [5, 5.41) is 9.35. The number of rotatable bonds is 15. The van der Waals surface area contributed by atoms with Crippen molar-refractivity contribution in [2.75, 3.05) is 4.72 Å². The first-order chi connectivity index (χ1) is 14.0. The highest BCUT2D eigenvalue weighted by molar-refractivity contribution is 7.93. The Morgan fingerprint density at radius 3 is 1.97 bits per heavy atom. The van der Waals surface area contributed by atoms with Crippen molar-refractivity contribution in [3.63, 3.8) is 0 Å². The zero-order valence-electron chi connectivity index (χ0n) is 17.8. The number of anilines is 1. The van der Waals surface area contributed by atoms with Crippen molar-refractivity contribution in [3.8, 4) is 0 Å². The van der Waals surface area contributed by atoms with E-state index in [2.05, 4.69) is 21.8 Å². The van der Waals surface area contributed by atoms with Gasteiger partial charge in [-0.15, -0.1) is 10.2 Å². The molecule has 0 amide bonds. The van der Waals surface area contributed by atoms with Crippen molar-refractivity contribution in [1.82, 2.24) is 10.2 Å². The highest BCUT2D eigenvalue weighted by Crippen LogP contribution is 2.22. The van der Waals surface area contributed by atoms with Crippen molar-refractivity contribution in [2.24, 2.45) is 0 Å². The van der Waals surface area contributed by atoms with Crippen molar-refractivity contribution >= 4 is 26.5 Å². The molecule has 7 heteroatoms. The van der Waals surface area contributed by atoms with Crippen molar-refractivity contribution < 1.29 is 8.42 Å². The van der Waals surface area contributed by atoms with Crippen LogP contribution in [-0.2, 0) is 16.4 Å². The highest BCUT2D eigenvalue weighted by Gasteiger charge is 2.16. The van der Waals surface area contributed by atoms with Gasteiger partial charge in [0.05, 0.1) is 4.90 Å². The maximum atomic E-state index is 12.4. The zero-order chi connectivity index (χ0) is 21.0. The first-order valence-corrected chi connectivity index (χ1v) is 13.2. The summed E-state index contributed by atoms with van der Waals surface area (Å²) in [4.78, 5) is 0.241. The third kappa shape index (κ3) is 9.26. The summed E-state index contributed by atoms with van der Waals surface area (Å²) >= 11 is 1.33. The van der Waals surface area contributed by atoms with Gasteiger partial charge in [0.2, 0.25) is 5.13 Å². The molecule has 5 nitrogen and oxygen atoms in total. The summed E-state index contributed by atoms with van der Waals surface area (Å²) in [5.41, 5.74) is 1.02. The second-order valence-corrected chi connectivity index (χ2v) is 10.4. The smallest absolute Gasteiger partial charge is 0.253 e. The number of sulfonamides is 1. The molecule has 0 saturated carbocycles. The largest absolute Gasteiger partial charge is 0.263 e. The lowest BCUT2D eigenvalue weighted by molar-refractivity contribution is 0.549. The Balaban J connectivity index is 1.61. The van der Waals surface area contributed by atoms with E-state index in [9.17, 15) is 8.42 Å². The number of benzene rings is 1. The highest BCUT2D eigenvalue weighted by atomic mass is 32.2. The lowest BCUT2D eigenvalue weighted by atomic mass is 10.1. The molecule has 1 aromatic heterocycles. The van der Waals surface area contributed by atoms with Gasteiger partial charge in [-0.05, 0) is 25.5 Å². The molecule has 0 saturated heterocycles. The van der Waals surface area contributed by atoms with E-state index in [1.54, 1.807) is 24.3 Å². The summed E-state index contributed by atoms with van der Waals surface area (Å²) in [6, 6.07) is 6.77. The number of aromatic nitrogens is 2. The van der Waals surface area contributed by atoms with Gasteiger partial charge in [-0.3, -0.25) is 4.72 Å². The first-order valence-electron chi connectivity index (χ1n) is 10.9. The van der Waals surface area contributed by atoms with Gasteiger partial charge in [0, 0.05) is 6.42 Å². The third-order valence-electron chi connectivity index (χ3n) is 5.01. The van der Waals surface area contributed by atoms with E-state index >= 15 is 0 Å². The normalized spacial score (nSPS) is 11.7. The van der Waals surface area contributed by atoms with Crippen LogP contribution in [0.1, 0.15) is 88.1 Å². The predicted octanol–water partition coefficient (Wildman–Crippen LogP) is 6.50. The zero-order valence-corrected chi connectivity index (χ0v) is 19.5. The van der Waals surface area contributed by atoms with Crippen LogP contribution in [-0.4, -0.2) is 18.6 Å². The van der Waals surface area contributed by atoms with Gasteiger partial charge in [-0.2, -0.15) is 0 Å². The minimum Gasteiger partial charge on any atom is -0.253 e. The Morgan fingerprint density at radius 1 is 0.828 bits per heavy atom. The standard InChI is InChI=1S/C22H35N3O2S2/c1-3-4-5-6-7-8-9-10-11-12-13-14-21-23-24-22(28-21)25-29(26,27)20-17-15-19(2)16-18-20/h15-18H,3-14H2,1-2H3,(H,24,25). The maximum absolute atomic E-state index is 12.4. The molecule has 2 aromatic rings. The molecule has 29 heavy (non-hydrogen) atoms. The van der Waals surface area contributed by atoms with Crippen molar-refractivity contribution in [3.05, 3.63) is 34.8 Å². The molecule has 0 atom stereocenters. The second-order valence-electron chi connectivity index (χ2n) is 7.71. The van der Waals surface area contributed by atoms with Crippen molar-refractivity contribution in [2.45, 2.75) is 95.8 Å². The molecule has 0 aliphatic heterocycles. The van der Waals surface area contributed by atoms with Crippen LogP contribution in [0.3, 0.4) is 0 Å². The van der Waals surface area contributed by atoms with E-state index in [-0.39, 0.29) is 4.90 Å². The van der Waals surface area contributed by atoms with Gasteiger partial charge in [0.25, 0.3) is 10.0 Å². The third-order valence-corrected chi connectivity index (χ3v) is 7.40. The quantitative estimate of drug-likeness (QED) is 0.323. The topological polar surface area (TPSA) is 72.0 Å². The number of nitrogens with one attached hydrogen (secondary N) is 1. The van der Waals surface area contributed by atoms with Gasteiger partial charge < -0.3 is 0 Å². The molecule has 0 radical (unpaired) electrons. The van der Waals surface area contributed by atoms with Gasteiger partial charge in [0.1, 0.15) is 5.01 Å². The fourth-order valence-corrected chi connectivity index (χ4v) is 5.24. The Labute approximate surface area is 180 Å². The average molecular weight is 438 g/mol. The second kappa shape index (κ2) is 13.0. The molecule has 1 aromatic carbocycles. The van der Waals surface area contributed by atoms with Crippen LogP contribution < -0.4 is 4.72 Å². The lowest BCUT2D eigenvalue weighted by Crippen LogP contribution is -2.12. The van der Waals surface area contributed by atoms with Crippen LogP contribution in [0.5, 0.6) is 0 Å². The van der Waals surface area contributed by atoms with Crippen LogP contribution in [0, 0.1) is 6.92 Å². The minimum atomic E-state index is -3.60. The van der Waals surface area contributed by atoms with E-state index in [1.165, 1.54) is 75.5 Å². The van der Waals surface area contributed by atoms with Gasteiger partial charge in [0.15, 0.2) is 0 Å². The molecule has 0 aliphatic carbocycles. The summed E-state index contributed by atoms with van der Waals surface area (Å²) in [6.07, 6.45) is 15.3. The number of hydrogen-bond acceptors (Lipinski definition) is 5. The summed E-state index contributed by atoms with van der Waals surface area (Å²) < 4.78 is 27.4. The SMILES string of the molecule is CCCCCCCCCCCCCc1nnc(NS(=O)(=O)c2ccc(C)cc2)s1. The molecule has 0 fully saturated rings. The van der Waals surface area contributed by atoms with E-state index < -0.39 is 10.0 Å².